The molecule has 9 aromatic carbocycles. The third-order valence-electron chi connectivity index (χ3n) is 12.3. The van der Waals surface area contributed by atoms with Crippen molar-refractivity contribution in [3.05, 3.63) is 235 Å². The van der Waals surface area contributed by atoms with Crippen LogP contribution >= 0.6 is 11.3 Å². The van der Waals surface area contributed by atoms with Crippen LogP contribution in [0.3, 0.4) is 0 Å². The number of fused-ring (bicyclic) bond motifs is 13. The van der Waals surface area contributed by atoms with E-state index in [1.54, 1.807) is 0 Å². The maximum Gasteiger partial charge on any atom is 0.0726 e. The minimum atomic E-state index is -0.417. The molecule has 1 heterocycles. The molecule has 1 aromatic heterocycles. The van der Waals surface area contributed by atoms with Crippen molar-refractivity contribution in [2.75, 3.05) is 4.90 Å². The molecular formula is C55H35NS. The van der Waals surface area contributed by atoms with E-state index in [1.165, 1.54) is 92.6 Å². The van der Waals surface area contributed by atoms with E-state index < -0.39 is 5.41 Å². The molecule has 1 nitrogen and oxygen atoms in total. The van der Waals surface area contributed by atoms with Crippen LogP contribution in [0.4, 0.5) is 17.1 Å². The van der Waals surface area contributed by atoms with Crippen LogP contribution in [0.25, 0.3) is 64.7 Å². The van der Waals surface area contributed by atoms with E-state index >= 15 is 0 Å². The van der Waals surface area contributed by atoms with Crippen molar-refractivity contribution in [2.45, 2.75) is 5.41 Å². The fourth-order valence-electron chi connectivity index (χ4n) is 9.96. The van der Waals surface area contributed by atoms with E-state index in [-0.39, 0.29) is 0 Å². The van der Waals surface area contributed by atoms with Gasteiger partial charge in [0.1, 0.15) is 0 Å². The smallest absolute Gasteiger partial charge is 0.0726 e. The van der Waals surface area contributed by atoms with Crippen LogP contribution in [-0.2, 0) is 5.41 Å². The second kappa shape index (κ2) is 12.5. The summed E-state index contributed by atoms with van der Waals surface area (Å²) in [5.41, 5.74) is 18.4. The van der Waals surface area contributed by atoms with E-state index in [0.29, 0.717) is 0 Å². The average molecular weight is 742 g/mol. The molecule has 2 aliphatic carbocycles. The molecule has 0 bridgehead atoms. The fourth-order valence-corrected chi connectivity index (χ4v) is 11.2. The van der Waals surface area contributed by atoms with Gasteiger partial charge in [0, 0.05) is 37.1 Å². The summed E-state index contributed by atoms with van der Waals surface area (Å²) in [5.74, 6) is 0. The van der Waals surface area contributed by atoms with Crippen molar-refractivity contribution < 1.29 is 0 Å². The van der Waals surface area contributed by atoms with Crippen molar-refractivity contribution in [1.29, 1.82) is 0 Å². The quantitative estimate of drug-likeness (QED) is 0.170. The first-order chi connectivity index (χ1) is 28.3. The van der Waals surface area contributed by atoms with Gasteiger partial charge in [0.25, 0.3) is 0 Å². The van der Waals surface area contributed by atoms with Gasteiger partial charge in [-0.1, -0.05) is 176 Å². The number of rotatable bonds is 5. The number of anilines is 3. The predicted octanol–water partition coefficient (Wildman–Crippen LogP) is 15.2. The number of thiophene rings is 1. The van der Waals surface area contributed by atoms with Gasteiger partial charge in [-0.3, -0.25) is 0 Å². The summed E-state index contributed by atoms with van der Waals surface area (Å²) in [7, 11) is 0. The SMILES string of the molecule is c1ccc(-c2cccc(N(c3ccc(-c4cccc5c4sc4ccccc45)cc3)c3cccc4c3-c3ccccc3C43c4ccccc4-c4ccccc43)c2)cc1. The summed E-state index contributed by atoms with van der Waals surface area (Å²) < 4.78 is 2.66. The Morgan fingerprint density at radius 2 is 0.912 bits per heavy atom. The van der Waals surface area contributed by atoms with Gasteiger partial charge in [0.2, 0.25) is 0 Å². The van der Waals surface area contributed by atoms with Gasteiger partial charge < -0.3 is 4.90 Å². The van der Waals surface area contributed by atoms with Crippen molar-refractivity contribution >= 4 is 48.6 Å². The summed E-state index contributed by atoms with van der Waals surface area (Å²) in [4.78, 5) is 2.48. The number of hydrogen-bond donors (Lipinski definition) is 0. The Balaban J connectivity index is 1.09. The minimum Gasteiger partial charge on any atom is -0.310 e. The summed E-state index contributed by atoms with van der Waals surface area (Å²) in [5, 5.41) is 2.64. The zero-order valence-electron chi connectivity index (χ0n) is 31.1. The zero-order valence-corrected chi connectivity index (χ0v) is 31.9. The van der Waals surface area contributed by atoms with Gasteiger partial charge in [0.15, 0.2) is 0 Å². The van der Waals surface area contributed by atoms with Crippen molar-refractivity contribution in [3.8, 4) is 44.5 Å². The van der Waals surface area contributed by atoms with E-state index in [4.69, 9.17) is 0 Å². The second-order valence-electron chi connectivity index (χ2n) is 15.2. The predicted molar refractivity (Wildman–Crippen MR) is 241 cm³/mol. The van der Waals surface area contributed by atoms with Crippen LogP contribution < -0.4 is 4.90 Å². The summed E-state index contributed by atoms with van der Waals surface area (Å²) in [6.45, 7) is 0. The van der Waals surface area contributed by atoms with E-state index in [9.17, 15) is 0 Å². The highest BCUT2D eigenvalue weighted by atomic mass is 32.1. The van der Waals surface area contributed by atoms with Crippen LogP contribution in [0.15, 0.2) is 212 Å². The van der Waals surface area contributed by atoms with Gasteiger partial charge >= 0.3 is 0 Å². The largest absolute Gasteiger partial charge is 0.310 e. The third kappa shape index (κ3) is 4.62. The molecule has 2 heteroatoms. The van der Waals surface area contributed by atoms with Gasteiger partial charge in [-0.25, -0.2) is 0 Å². The van der Waals surface area contributed by atoms with Gasteiger partial charge in [-0.15, -0.1) is 11.3 Å². The maximum atomic E-state index is 2.48. The molecule has 1 spiro atoms. The first kappa shape index (κ1) is 32.3. The Hall–Kier alpha value is -7.00. The van der Waals surface area contributed by atoms with Crippen molar-refractivity contribution in [1.82, 2.24) is 0 Å². The normalized spacial score (nSPS) is 13.1. The van der Waals surface area contributed by atoms with Crippen molar-refractivity contribution in [3.63, 3.8) is 0 Å². The van der Waals surface area contributed by atoms with Crippen LogP contribution in [0.2, 0.25) is 0 Å². The molecule has 12 rings (SSSR count). The second-order valence-corrected chi connectivity index (χ2v) is 16.2. The van der Waals surface area contributed by atoms with Gasteiger partial charge in [0.05, 0.1) is 11.1 Å². The molecule has 10 aromatic rings. The van der Waals surface area contributed by atoms with Crippen LogP contribution in [0, 0.1) is 0 Å². The first-order valence-corrected chi connectivity index (χ1v) is 20.5. The minimum absolute atomic E-state index is 0.417. The van der Waals surface area contributed by atoms with E-state index in [2.05, 4.69) is 217 Å². The lowest BCUT2D eigenvalue weighted by atomic mass is 9.70. The van der Waals surface area contributed by atoms with Crippen LogP contribution in [0.1, 0.15) is 22.3 Å². The molecule has 2 aliphatic rings. The Morgan fingerprint density at radius 3 is 1.68 bits per heavy atom. The fraction of sp³-hybridized carbons (Fsp3) is 0.0182. The molecule has 0 amide bonds. The van der Waals surface area contributed by atoms with Crippen LogP contribution in [0.5, 0.6) is 0 Å². The molecule has 0 unspecified atom stereocenters. The standard InChI is InChI=1S/C55H35NS/c1-2-15-36(16-3-1)38-17-12-18-40(35-38)56(39-33-31-37(32-34-39)41-23-13-24-45-44-21-7-11-30-52(44)57-54(41)45)51-29-14-28-50-53(51)46-22-6-10-27-49(46)55(50)47-25-8-4-19-42(47)43-20-5-9-26-48(43)55/h1-35H. The number of nitrogens with zero attached hydrogens (tertiary/aromatic N) is 1. The number of hydrogen-bond acceptors (Lipinski definition) is 2. The molecular weight excluding hydrogens is 707 g/mol. The Bertz CT molecular complexity index is 3140. The molecule has 0 saturated heterocycles. The summed E-state index contributed by atoms with van der Waals surface area (Å²) in [6.07, 6.45) is 0. The molecule has 0 N–H and O–H groups in total. The molecule has 266 valence electrons. The van der Waals surface area contributed by atoms with E-state index in [1.807, 2.05) is 11.3 Å². The highest BCUT2D eigenvalue weighted by Gasteiger charge is 2.52. The van der Waals surface area contributed by atoms with Gasteiger partial charge in [-0.05, 0) is 97.6 Å². The first-order valence-electron chi connectivity index (χ1n) is 19.7. The highest BCUT2D eigenvalue weighted by molar-refractivity contribution is 7.26. The molecule has 0 fully saturated rings. The molecule has 57 heavy (non-hydrogen) atoms. The Morgan fingerprint density at radius 1 is 0.351 bits per heavy atom. The monoisotopic (exact) mass is 741 g/mol. The topological polar surface area (TPSA) is 3.24 Å². The van der Waals surface area contributed by atoms with Crippen LogP contribution in [-0.4, -0.2) is 0 Å². The summed E-state index contributed by atoms with van der Waals surface area (Å²) >= 11 is 1.88. The average Bonchev–Trinajstić information content (AvgIpc) is 3.92. The Labute approximate surface area is 336 Å². The summed E-state index contributed by atoms with van der Waals surface area (Å²) in [6, 6.07) is 78.6. The Kier molecular flexibility index (Phi) is 7.08. The maximum absolute atomic E-state index is 2.48. The lowest BCUT2D eigenvalue weighted by molar-refractivity contribution is 0.794. The van der Waals surface area contributed by atoms with Gasteiger partial charge in [-0.2, -0.15) is 0 Å². The molecule has 0 atom stereocenters. The third-order valence-corrected chi connectivity index (χ3v) is 13.5. The lowest BCUT2D eigenvalue weighted by Crippen LogP contribution is -2.26. The molecule has 0 radical (unpaired) electrons. The van der Waals surface area contributed by atoms with E-state index in [0.717, 1.165) is 11.4 Å². The lowest BCUT2D eigenvalue weighted by Gasteiger charge is -2.32. The molecule has 0 aliphatic heterocycles. The number of benzene rings is 9. The molecule has 0 saturated carbocycles. The highest BCUT2D eigenvalue weighted by Crippen LogP contribution is 2.64. The zero-order chi connectivity index (χ0) is 37.5. The van der Waals surface area contributed by atoms with Crippen molar-refractivity contribution in [2.24, 2.45) is 0 Å².